The van der Waals surface area contributed by atoms with Crippen molar-refractivity contribution in [3.8, 4) is 0 Å². The van der Waals surface area contributed by atoms with Crippen LogP contribution in [0.25, 0.3) is 5.57 Å². The fraction of sp³-hybridized carbons (Fsp3) is 0.125. The van der Waals surface area contributed by atoms with E-state index in [1.165, 1.54) is 0 Å². The summed E-state index contributed by atoms with van der Waals surface area (Å²) in [5.41, 5.74) is 7.99. The van der Waals surface area contributed by atoms with Crippen LogP contribution in [0.3, 0.4) is 0 Å². The van der Waals surface area contributed by atoms with Crippen LogP contribution in [0.15, 0.2) is 30.7 Å². The molecule has 0 radical (unpaired) electrons. The second-order valence-corrected chi connectivity index (χ2v) is 2.56. The molecule has 2 rings (SSSR count). The normalized spacial score (nSPS) is 14.9. The van der Waals surface area contributed by atoms with Crippen molar-refractivity contribution in [1.29, 1.82) is 0 Å². The van der Waals surface area contributed by atoms with Gasteiger partial charge in [-0.05, 0) is 12.1 Å². The Bertz CT molecular complexity index is 335. The Morgan fingerprint density at radius 3 is 2.92 bits per heavy atom. The molecule has 12 heavy (non-hydrogen) atoms. The molecule has 0 saturated carbocycles. The van der Waals surface area contributed by atoms with Gasteiger partial charge in [-0.25, -0.2) is 0 Å². The van der Waals surface area contributed by atoms with Crippen molar-refractivity contribution < 1.29 is 0 Å². The van der Waals surface area contributed by atoms with Gasteiger partial charge in [-0.3, -0.25) is 4.68 Å². The summed E-state index contributed by atoms with van der Waals surface area (Å²) in [6.07, 6.45) is 7.53. The minimum absolute atomic E-state index is 1.10. The zero-order valence-corrected chi connectivity index (χ0v) is 6.78. The molecule has 0 unspecified atom stereocenters. The number of hydrogen-bond acceptors (Lipinski definition) is 3. The highest BCUT2D eigenvalue weighted by Crippen LogP contribution is 2.13. The molecule has 1 aliphatic heterocycles. The van der Waals surface area contributed by atoms with Gasteiger partial charge in [0.05, 0.1) is 5.69 Å². The van der Waals surface area contributed by atoms with E-state index in [2.05, 4.69) is 16.0 Å². The lowest BCUT2D eigenvalue weighted by atomic mass is 10.2. The molecule has 0 amide bonds. The smallest absolute Gasteiger partial charge is 0.0694 e. The van der Waals surface area contributed by atoms with E-state index in [0.717, 1.165) is 11.3 Å². The second-order valence-electron chi connectivity index (χ2n) is 2.56. The number of rotatable bonds is 1. The first kappa shape index (κ1) is 6.97. The molecule has 0 atom stereocenters. The van der Waals surface area contributed by atoms with E-state index in [9.17, 15) is 0 Å². The Kier molecular flexibility index (Phi) is 1.59. The Labute approximate surface area is 70.5 Å². The fourth-order valence-electron chi connectivity index (χ4n) is 1.16. The van der Waals surface area contributed by atoms with E-state index in [4.69, 9.17) is 0 Å². The van der Waals surface area contributed by atoms with E-state index < -0.39 is 0 Å². The molecule has 2 heterocycles. The van der Waals surface area contributed by atoms with E-state index in [1.54, 1.807) is 6.20 Å². The van der Waals surface area contributed by atoms with Crippen LogP contribution in [-0.4, -0.2) is 9.78 Å². The van der Waals surface area contributed by atoms with Crippen LogP contribution < -0.4 is 10.9 Å². The Balaban J connectivity index is 2.36. The topological polar surface area (TPSA) is 41.9 Å². The first-order valence-electron chi connectivity index (χ1n) is 3.74. The molecule has 2 N–H and O–H groups in total. The van der Waals surface area contributed by atoms with E-state index >= 15 is 0 Å². The van der Waals surface area contributed by atoms with Crippen LogP contribution in [0.2, 0.25) is 0 Å². The summed E-state index contributed by atoms with van der Waals surface area (Å²) < 4.78 is 1.84. The van der Waals surface area contributed by atoms with Gasteiger partial charge >= 0.3 is 0 Å². The first-order chi connectivity index (χ1) is 5.88. The predicted octanol–water partition coefficient (Wildman–Crippen LogP) is 0.382. The molecule has 62 valence electrons. The van der Waals surface area contributed by atoms with Gasteiger partial charge in [-0.2, -0.15) is 5.10 Å². The number of hydrogen-bond donors (Lipinski definition) is 2. The predicted molar refractivity (Wildman–Crippen MR) is 46.6 cm³/mol. The summed E-state index contributed by atoms with van der Waals surface area (Å²) in [4.78, 5) is 0. The quantitative estimate of drug-likeness (QED) is 0.627. The molecule has 1 aromatic heterocycles. The minimum Gasteiger partial charge on any atom is -0.309 e. The molecular weight excluding hydrogens is 152 g/mol. The number of aryl methyl sites for hydroxylation is 1. The lowest BCUT2D eigenvalue weighted by Gasteiger charge is -2.09. The summed E-state index contributed by atoms with van der Waals surface area (Å²) in [5.74, 6) is 0. The number of nitrogens with zero attached hydrogens (tertiary/aromatic N) is 2. The number of allylic oxidation sites excluding steroid dienone is 2. The fourth-order valence-corrected chi connectivity index (χ4v) is 1.16. The molecule has 1 aromatic rings. The molecule has 0 spiro atoms. The van der Waals surface area contributed by atoms with Crippen LogP contribution in [0, 0.1) is 0 Å². The van der Waals surface area contributed by atoms with Gasteiger partial charge in [-0.15, -0.1) is 0 Å². The van der Waals surface area contributed by atoms with E-state index in [0.29, 0.717) is 0 Å². The van der Waals surface area contributed by atoms with Crippen molar-refractivity contribution in [2.75, 3.05) is 0 Å². The van der Waals surface area contributed by atoms with Crippen LogP contribution in [0.5, 0.6) is 0 Å². The average molecular weight is 162 g/mol. The van der Waals surface area contributed by atoms with Crippen molar-refractivity contribution in [1.82, 2.24) is 20.6 Å². The third-order valence-electron chi connectivity index (χ3n) is 1.77. The Hall–Kier alpha value is -1.71. The summed E-state index contributed by atoms with van der Waals surface area (Å²) in [5, 5.41) is 4.09. The second kappa shape index (κ2) is 2.73. The summed E-state index contributed by atoms with van der Waals surface area (Å²) in [7, 11) is 1.92. The monoisotopic (exact) mass is 162 g/mol. The molecule has 0 bridgehead atoms. The van der Waals surface area contributed by atoms with Crippen LogP contribution >= 0.6 is 0 Å². The number of aromatic nitrogens is 2. The molecule has 4 heteroatoms. The van der Waals surface area contributed by atoms with Crippen LogP contribution in [0.4, 0.5) is 0 Å². The van der Waals surface area contributed by atoms with Gasteiger partial charge in [0, 0.05) is 31.2 Å². The van der Waals surface area contributed by atoms with Crippen molar-refractivity contribution in [2.24, 2.45) is 7.05 Å². The summed E-state index contributed by atoms with van der Waals surface area (Å²) in [6, 6.07) is 1.98. The van der Waals surface area contributed by atoms with E-state index in [1.807, 2.05) is 36.3 Å². The lowest BCUT2D eigenvalue weighted by molar-refractivity contribution is 0.744. The third kappa shape index (κ3) is 1.07. The first-order valence-corrected chi connectivity index (χ1v) is 3.74. The van der Waals surface area contributed by atoms with Gasteiger partial charge in [0.15, 0.2) is 0 Å². The standard InChI is InChI=1S/C8H10N4/c1-12-8(3-5-11-12)7-2-4-9-10-6-7/h2-6,9-10H,1H3. The highest BCUT2D eigenvalue weighted by Gasteiger charge is 2.03. The van der Waals surface area contributed by atoms with Crippen molar-refractivity contribution in [3.05, 3.63) is 36.4 Å². The molecular formula is C8H10N4. The molecule has 0 aromatic carbocycles. The Morgan fingerprint density at radius 2 is 2.33 bits per heavy atom. The molecule has 4 nitrogen and oxygen atoms in total. The van der Waals surface area contributed by atoms with Crippen LogP contribution in [0.1, 0.15) is 5.69 Å². The molecule has 0 saturated heterocycles. The number of nitrogens with one attached hydrogen (secondary N) is 2. The molecule has 1 aliphatic rings. The maximum Gasteiger partial charge on any atom is 0.0694 e. The average Bonchev–Trinajstić information content (AvgIpc) is 2.53. The zero-order valence-electron chi connectivity index (χ0n) is 6.78. The number of hydrazine groups is 1. The van der Waals surface area contributed by atoms with Gasteiger partial charge in [-0.1, -0.05) is 0 Å². The largest absolute Gasteiger partial charge is 0.309 e. The zero-order chi connectivity index (χ0) is 8.39. The van der Waals surface area contributed by atoms with Crippen LogP contribution in [-0.2, 0) is 7.05 Å². The minimum atomic E-state index is 1.10. The van der Waals surface area contributed by atoms with Crippen molar-refractivity contribution in [3.63, 3.8) is 0 Å². The van der Waals surface area contributed by atoms with Gasteiger partial charge in [0.2, 0.25) is 0 Å². The van der Waals surface area contributed by atoms with Gasteiger partial charge in [0.25, 0.3) is 0 Å². The van der Waals surface area contributed by atoms with Gasteiger partial charge in [0.1, 0.15) is 0 Å². The summed E-state index contributed by atoms with van der Waals surface area (Å²) >= 11 is 0. The van der Waals surface area contributed by atoms with E-state index in [-0.39, 0.29) is 0 Å². The van der Waals surface area contributed by atoms with Gasteiger partial charge < -0.3 is 10.9 Å². The highest BCUT2D eigenvalue weighted by atomic mass is 15.3. The SMILES string of the molecule is Cn1nccc1C1=CNNC=C1. The maximum absolute atomic E-state index is 4.09. The maximum atomic E-state index is 4.09. The third-order valence-corrected chi connectivity index (χ3v) is 1.77. The summed E-state index contributed by atoms with van der Waals surface area (Å²) in [6.45, 7) is 0. The Morgan fingerprint density at radius 1 is 1.42 bits per heavy atom. The molecule has 0 aliphatic carbocycles. The highest BCUT2D eigenvalue weighted by molar-refractivity contribution is 5.71. The molecule has 0 fully saturated rings. The lowest BCUT2D eigenvalue weighted by Crippen LogP contribution is -2.23. The van der Waals surface area contributed by atoms with Crippen molar-refractivity contribution >= 4 is 5.57 Å². The van der Waals surface area contributed by atoms with Crippen molar-refractivity contribution in [2.45, 2.75) is 0 Å².